The molecule has 1 heterocycles. The Bertz CT molecular complexity index is 1200. The Labute approximate surface area is 193 Å². The summed E-state index contributed by atoms with van der Waals surface area (Å²) in [6.45, 7) is 0. The van der Waals surface area contributed by atoms with Gasteiger partial charge in [-0.1, -0.05) is 30.3 Å². The van der Waals surface area contributed by atoms with Crippen molar-refractivity contribution >= 4 is 46.1 Å². The summed E-state index contributed by atoms with van der Waals surface area (Å²) in [5, 5.41) is 14.4. The molecule has 0 radical (unpaired) electrons. The van der Waals surface area contributed by atoms with Crippen LogP contribution in [-0.2, 0) is 4.79 Å². The molecule has 0 saturated carbocycles. The number of aromatic nitrogens is 1. The van der Waals surface area contributed by atoms with Crippen LogP contribution in [0.3, 0.4) is 0 Å². The Morgan fingerprint density at radius 3 is 2.58 bits per heavy atom. The van der Waals surface area contributed by atoms with Crippen molar-refractivity contribution in [3.8, 4) is 0 Å². The molecule has 0 aliphatic heterocycles. The molecule has 170 valence electrons. The van der Waals surface area contributed by atoms with E-state index in [-0.39, 0.29) is 16.9 Å². The molecule has 0 spiro atoms. The van der Waals surface area contributed by atoms with Crippen LogP contribution >= 0.6 is 11.8 Å². The summed E-state index contributed by atoms with van der Waals surface area (Å²) in [7, 11) is 0. The fourth-order valence-corrected chi connectivity index (χ4v) is 3.44. The molecule has 3 rings (SSSR count). The van der Waals surface area contributed by atoms with Crippen LogP contribution in [0.15, 0.2) is 60.7 Å². The third kappa shape index (κ3) is 6.26. The maximum absolute atomic E-state index is 12.7. The van der Waals surface area contributed by atoms with Crippen LogP contribution < -0.4 is 16.2 Å². The molecule has 3 aromatic rings. The van der Waals surface area contributed by atoms with E-state index in [1.165, 1.54) is 30.0 Å². The standard InChI is InChI=1S/C22H21N5O5S/c1-33-12-11-19(24-21(29)18-10-9-14-5-2-3-8-17(14)23-18)22(30)26-25-20(28)15-6-4-7-16(13-15)27(31)32/h2-10,13,19H,11-12H2,1H3,(H,24,29)(H,25,28)(H,26,30)/t19-/m1/s1. The second-order valence-corrected chi connectivity index (χ2v) is 7.93. The Morgan fingerprint density at radius 2 is 1.82 bits per heavy atom. The van der Waals surface area contributed by atoms with E-state index in [9.17, 15) is 24.5 Å². The number of carbonyl (C=O) groups is 3. The van der Waals surface area contributed by atoms with Gasteiger partial charge in [0, 0.05) is 23.1 Å². The topological polar surface area (TPSA) is 143 Å². The first-order valence-corrected chi connectivity index (χ1v) is 11.3. The molecule has 0 fully saturated rings. The Kier molecular flexibility index (Phi) is 7.92. The third-order valence-electron chi connectivity index (χ3n) is 4.68. The van der Waals surface area contributed by atoms with E-state index in [0.717, 1.165) is 11.5 Å². The second kappa shape index (κ2) is 11.0. The fraction of sp³-hybridized carbons (Fsp3) is 0.182. The summed E-state index contributed by atoms with van der Waals surface area (Å²) < 4.78 is 0. The normalized spacial score (nSPS) is 11.4. The minimum Gasteiger partial charge on any atom is -0.339 e. The predicted molar refractivity (Wildman–Crippen MR) is 125 cm³/mol. The molecular formula is C22H21N5O5S. The van der Waals surface area contributed by atoms with Gasteiger partial charge in [-0.2, -0.15) is 11.8 Å². The van der Waals surface area contributed by atoms with E-state index in [1.807, 2.05) is 24.5 Å². The summed E-state index contributed by atoms with van der Waals surface area (Å²) in [6.07, 6.45) is 2.19. The zero-order valence-corrected chi connectivity index (χ0v) is 18.4. The van der Waals surface area contributed by atoms with Crippen molar-refractivity contribution in [1.29, 1.82) is 0 Å². The number of hydrazine groups is 1. The molecule has 0 aliphatic carbocycles. The molecular weight excluding hydrogens is 446 g/mol. The minimum atomic E-state index is -0.927. The number of pyridine rings is 1. The van der Waals surface area contributed by atoms with Crippen LogP contribution in [0.5, 0.6) is 0 Å². The van der Waals surface area contributed by atoms with Crippen molar-refractivity contribution < 1.29 is 19.3 Å². The Balaban J connectivity index is 1.66. The van der Waals surface area contributed by atoms with Crippen LogP contribution in [0.25, 0.3) is 10.9 Å². The van der Waals surface area contributed by atoms with Gasteiger partial charge in [-0.3, -0.25) is 35.3 Å². The Hall–Kier alpha value is -3.99. The zero-order valence-electron chi connectivity index (χ0n) is 17.6. The first-order valence-electron chi connectivity index (χ1n) is 9.89. The molecule has 2 aromatic carbocycles. The number of hydrogen-bond acceptors (Lipinski definition) is 7. The molecule has 33 heavy (non-hydrogen) atoms. The van der Waals surface area contributed by atoms with Gasteiger partial charge in [-0.05, 0) is 36.6 Å². The maximum atomic E-state index is 12.7. The average molecular weight is 468 g/mol. The monoisotopic (exact) mass is 467 g/mol. The highest BCUT2D eigenvalue weighted by Crippen LogP contribution is 2.13. The van der Waals surface area contributed by atoms with Crippen LogP contribution in [0, 0.1) is 10.1 Å². The molecule has 1 aromatic heterocycles. The number of amides is 3. The number of benzene rings is 2. The summed E-state index contributed by atoms with van der Waals surface area (Å²) in [5.41, 5.74) is 5.07. The van der Waals surface area contributed by atoms with Gasteiger partial charge < -0.3 is 5.32 Å². The van der Waals surface area contributed by atoms with Crippen LogP contribution in [0.2, 0.25) is 0 Å². The molecule has 3 N–H and O–H groups in total. The summed E-state index contributed by atoms with van der Waals surface area (Å²) in [6, 6.07) is 14.9. The number of para-hydroxylation sites is 1. The lowest BCUT2D eigenvalue weighted by Crippen LogP contribution is -2.52. The molecule has 11 heteroatoms. The highest BCUT2D eigenvalue weighted by Gasteiger charge is 2.23. The highest BCUT2D eigenvalue weighted by atomic mass is 32.2. The SMILES string of the molecule is CSCC[C@@H](NC(=O)c1ccc2ccccc2n1)C(=O)NNC(=O)c1cccc([N+](=O)[O-])c1. The van der Waals surface area contributed by atoms with Gasteiger partial charge >= 0.3 is 0 Å². The zero-order chi connectivity index (χ0) is 23.8. The summed E-state index contributed by atoms with van der Waals surface area (Å²) in [4.78, 5) is 52.2. The predicted octanol–water partition coefficient (Wildman–Crippen LogP) is 2.46. The first-order chi connectivity index (χ1) is 15.9. The number of nitrogens with zero attached hydrogens (tertiary/aromatic N) is 2. The lowest BCUT2D eigenvalue weighted by Gasteiger charge is -2.18. The molecule has 3 amide bonds. The van der Waals surface area contributed by atoms with E-state index in [0.29, 0.717) is 17.7 Å². The largest absolute Gasteiger partial charge is 0.339 e. The van der Waals surface area contributed by atoms with Crippen molar-refractivity contribution in [2.45, 2.75) is 12.5 Å². The lowest BCUT2D eigenvalue weighted by molar-refractivity contribution is -0.384. The van der Waals surface area contributed by atoms with Gasteiger partial charge in [0.15, 0.2) is 0 Å². The van der Waals surface area contributed by atoms with Gasteiger partial charge in [0.2, 0.25) is 0 Å². The molecule has 0 unspecified atom stereocenters. The van der Waals surface area contributed by atoms with Crippen LogP contribution in [0.1, 0.15) is 27.3 Å². The molecule has 0 saturated heterocycles. The van der Waals surface area contributed by atoms with Crippen molar-refractivity contribution in [3.05, 3.63) is 82.0 Å². The van der Waals surface area contributed by atoms with Gasteiger partial charge in [0.05, 0.1) is 10.4 Å². The van der Waals surface area contributed by atoms with Gasteiger partial charge in [0.1, 0.15) is 11.7 Å². The van der Waals surface area contributed by atoms with E-state index in [4.69, 9.17) is 0 Å². The van der Waals surface area contributed by atoms with Gasteiger partial charge in [0.25, 0.3) is 23.4 Å². The number of nitrogens with one attached hydrogen (secondary N) is 3. The van der Waals surface area contributed by atoms with Crippen molar-refractivity contribution in [1.82, 2.24) is 21.2 Å². The molecule has 0 aliphatic rings. The molecule has 10 nitrogen and oxygen atoms in total. The lowest BCUT2D eigenvalue weighted by atomic mass is 10.1. The third-order valence-corrected chi connectivity index (χ3v) is 5.33. The average Bonchev–Trinajstić information content (AvgIpc) is 2.84. The van der Waals surface area contributed by atoms with Gasteiger partial charge in [-0.15, -0.1) is 0 Å². The summed E-state index contributed by atoms with van der Waals surface area (Å²) >= 11 is 1.50. The number of non-ortho nitro benzene ring substituents is 1. The van der Waals surface area contributed by atoms with E-state index in [1.54, 1.807) is 18.2 Å². The Morgan fingerprint density at radius 1 is 1.03 bits per heavy atom. The van der Waals surface area contributed by atoms with Gasteiger partial charge in [-0.25, -0.2) is 4.98 Å². The first kappa shape index (κ1) is 23.7. The van der Waals surface area contributed by atoms with E-state index >= 15 is 0 Å². The fourth-order valence-electron chi connectivity index (χ4n) is 2.97. The van der Waals surface area contributed by atoms with Crippen LogP contribution in [-0.4, -0.2) is 45.7 Å². The second-order valence-electron chi connectivity index (χ2n) is 6.95. The number of carbonyl (C=O) groups excluding carboxylic acids is 3. The molecule has 1 atom stereocenters. The number of fused-ring (bicyclic) bond motifs is 1. The number of nitro groups is 1. The quantitative estimate of drug-likeness (QED) is 0.341. The maximum Gasteiger partial charge on any atom is 0.270 e. The smallest absolute Gasteiger partial charge is 0.270 e. The minimum absolute atomic E-state index is 0.00885. The number of rotatable bonds is 8. The highest BCUT2D eigenvalue weighted by molar-refractivity contribution is 7.98. The molecule has 0 bridgehead atoms. The summed E-state index contributed by atoms with van der Waals surface area (Å²) in [5.74, 6) is -1.29. The number of nitro benzene ring substituents is 1. The number of hydrogen-bond donors (Lipinski definition) is 3. The van der Waals surface area contributed by atoms with Crippen molar-refractivity contribution in [3.63, 3.8) is 0 Å². The number of thioether (sulfide) groups is 1. The van der Waals surface area contributed by atoms with E-state index in [2.05, 4.69) is 21.2 Å². The van der Waals surface area contributed by atoms with E-state index < -0.39 is 28.7 Å². The van der Waals surface area contributed by atoms with Crippen molar-refractivity contribution in [2.75, 3.05) is 12.0 Å². The van der Waals surface area contributed by atoms with Crippen LogP contribution in [0.4, 0.5) is 5.69 Å². The van der Waals surface area contributed by atoms with Crippen molar-refractivity contribution in [2.24, 2.45) is 0 Å².